The molecule has 1 unspecified atom stereocenters. The highest BCUT2D eigenvalue weighted by Crippen LogP contribution is 2.24. The first kappa shape index (κ1) is 22.8. The third-order valence-electron chi connectivity index (χ3n) is 5.16. The van der Waals surface area contributed by atoms with Crippen molar-refractivity contribution in [1.82, 2.24) is 20.4 Å². The Morgan fingerprint density at radius 2 is 1.86 bits per heavy atom. The van der Waals surface area contributed by atoms with Gasteiger partial charge in [-0.1, -0.05) is 32.9 Å². The molecule has 0 saturated heterocycles. The van der Waals surface area contributed by atoms with Gasteiger partial charge in [0.05, 0.1) is 12.2 Å². The van der Waals surface area contributed by atoms with Gasteiger partial charge in [-0.05, 0) is 55.9 Å². The van der Waals surface area contributed by atoms with E-state index in [1.54, 1.807) is 7.05 Å². The first-order valence-electron chi connectivity index (χ1n) is 10.3. The van der Waals surface area contributed by atoms with E-state index in [-0.39, 0.29) is 11.5 Å². The second-order valence-corrected chi connectivity index (χ2v) is 8.64. The van der Waals surface area contributed by atoms with Gasteiger partial charge in [-0.2, -0.15) is 5.10 Å². The summed E-state index contributed by atoms with van der Waals surface area (Å²) in [6.45, 7) is 14.2. The maximum absolute atomic E-state index is 5.85. The van der Waals surface area contributed by atoms with Crippen LogP contribution in [-0.4, -0.2) is 42.0 Å². The van der Waals surface area contributed by atoms with Gasteiger partial charge in [-0.25, -0.2) is 0 Å². The Morgan fingerprint density at radius 3 is 2.38 bits per heavy atom. The molecule has 1 aromatic carbocycles. The SMILES string of the molecule is CN=C(NCCOc1ccc(C(C)(C)C)cc1)NC(C)Cc1c(C)nn(C)c1C. The summed E-state index contributed by atoms with van der Waals surface area (Å²) in [7, 11) is 3.77. The molecule has 2 N–H and O–H groups in total. The van der Waals surface area contributed by atoms with Crippen molar-refractivity contribution in [2.75, 3.05) is 20.2 Å². The zero-order valence-electron chi connectivity index (χ0n) is 19.3. The molecule has 6 nitrogen and oxygen atoms in total. The van der Waals surface area contributed by atoms with Crippen LogP contribution < -0.4 is 15.4 Å². The summed E-state index contributed by atoms with van der Waals surface area (Å²) in [4.78, 5) is 4.32. The van der Waals surface area contributed by atoms with E-state index in [1.807, 2.05) is 23.9 Å². The molecular weight excluding hydrogens is 362 g/mol. The van der Waals surface area contributed by atoms with E-state index in [2.05, 4.69) is 74.4 Å². The average molecular weight is 400 g/mol. The zero-order valence-corrected chi connectivity index (χ0v) is 19.3. The molecule has 160 valence electrons. The highest BCUT2D eigenvalue weighted by Gasteiger charge is 2.14. The Hall–Kier alpha value is -2.50. The summed E-state index contributed by atoms with van der Waals surface area (Å²) in [5.74, 6) is 1.67. The second-order valence-electron chi connectivity index (χ2n) is 8.64. The molecule has 0 spiro atoms. The number of nitrogens with zero attached hydrogens (tertiary/aromatic N) is 3. The summed E-state index contributed by atoms with van der Waals surface area (Å²) < 4.78 is 7.79. The molecule has 0 aliphatic heterocycles. The fourth-order valence-corrected chi connectivity index (χ4v) is 3.29. The molecule has 29 heavy (non-hydrogen) atoms. The molecule has 1 atom stereocenters. The third kappa shape index (κ3) is 6.51. The molecular formula is C23H37N5O. The van der Waals surface area contributed by atoms with E-state index in [9.17, 15) is 0 Å². The Labute approximate surface area is 175 Å². The number of ether oxygens (including phenoxy) is 1. The largest absolute Gasteiger partial charge is 0.492 e. The molecule has 0 aliphatic rings. The Kier molecular flexibility index (Phi) is 7.71. The van der Waals surface area contributed by atoms with Crippen LogP contribution in [0.25, 0.3) is 0 Å². The van der Waals surface area contributed by atoms with Crippen molar-refractivity contribution in [3.63, 3.8) is 0 Å². The third-order valence-corrected chi connectivity index (χ3v) is 5.16. The highest BCUT2D eigenvalue weighted by atomic mass is 16.5. The molecule has 0 saturated carbocycles. The molecule has 1 heterocycles. The zero-order chi connectivity index (χ0) is 21.6. The number of hydrogen-bond acceptors (Lipinski definition) is 3. The van der Waals surface area contributed by atoms with Gasteiger partial charge in [0, 0.05) is 25.8 Å². The van der Waals surface area contributed by atoms with Crippen LogP contribution >= 0.6 is 0 Å². The van der Waals surface area contributed by atoms with Crippen LogP contribution in [0.15, 0.2) is 29.3 Å². The van der Waals surface area contributed by atoms with Crippen LogP contribution in [-0.2, 0) is 18.9 Å². The number of guanidine groups is 1. The van der Waals surface area contributed by atoms with Crippen molar-refractivity contribution in [2.24, 2.45) is 12.0 Å². The fourth-order valence-electron chi connectivity index (χ4n) is 3.29. The van der Waals surface area contributed by atoms with Gasteiger partial charge < -0.3 is 15.4 Å². The molecule has 6 heteroatoms. The predicted octanol–water partition coefficient (Wildman–Crippen LogP) is 3.51. The van der Waals surface area contributed by atoms with Crippen LogP contribution in [0, 0.1) is 13.8 Å². The summed E-state index contributed by atoms with van der Waals surface area (Å²) >= 11 is 0. The summed E-state index contributed by atoms with van der Waals surface area (Å²) in [5.41, 5.74) is 5.06. The van der Waals surface area contributed by atoms with E-state index < -0.39 is 0 Å². The minimum atomic E-state index is 0.155. The Balaban J connectivity index is 1.77. The molecule has 0 radical (unpaired) electrons. The first-order chi connectivity index (χ1) is 13.6. The molecule has 1 aromatic heterocycles. The number of aromatic nitrogens is 2. The van der Waals surface area contributed by atoms with Gasteiger partial charge in [0.15, 0.2) is 5.96 Å². The Morgan fingerprint density at radius 1 is 1.21 bits per heavy atom. The summed E-state index contributed by atoms with van der Waals surface area (Å²) in [6.07, 6.45) is 0.906. The first-order valence-corrected chi connectivity index (χ1v) is 10.3. The molecule has 0 fully saturated rings. The van der Waals surface area contributed by atoms with Crippen LogP contribution in [0.4, 0.5) is 0 Å². The topological polar surface area (TPSA) is 63.5 Å². The Bertz CT molecular complexity index is 815. The quantitative estimate of drug-likeness (QED) is 0.425. The van der Waals surface area contributed by atoms with Gasteiger partial charge >= 0.3 is 0 Å². The highest BCUT2D eigenvalue weighted by molar-refractivity contribution is 5.79. The molecule has 2 rings (SSSR count). The van der Waals surface area contributed by atoms with Crippen molar-refractivity contribution in [1.29, 1.82) is 0 Å². The monoisotopic (exact) mass is 399 g/mol. The predicted molar refractivity (Wildman–Crippen MR) is 121 cm³/mol. The van der Waals surface area contributed by atoms with Crippen molar-refractivity contribution >= 4 is 5.96 Å². The minimum absolute atomic E-state index is 0.155. The average Bonchev–Trinajstić information content (AvgIpc) is 2.90. The van der Waals surface area contributed by atoms with Crippen molar-refractivity contribution in [3.05, 3.63) is 46.8 Å². The molecule has 2 aromatic rings. The lowest BCUT2D eigenvalue weighted by atomic mass is 9.87. The van der Waals surface area contributed by atoms with Crippen molar-refractivity contribution < 1.29 is 4.74 Å². The molecule has 0 amide bonds. The lowest BCUT2D eigenvalue weighted by molar-refractivity contribution is 0.321. The van der Waals surface area contributed by atoms with Gasteiger partial charge in [0.2, 0.25) is 0 Å². The number of hydrogen-bond donors (Lipinski definition) is 2. The van der Waals surface area contributed by atoms with E-state index >= 15 is 0 Å². The van der Waals surface area contributed by atoms with E-state index in [1.165, 1.54) is 16.8 Å². The van der Waals surface area contributed by atoms with Gasteiger partial charge in [0.25, 0.3) is 0 Å². The van der Waals surface area contributed by atoms with E-state index in [0.29, 0.717) is 13.2 Å². The summed E-state index contributed by atoms with van der Waals surface area (Å²) in [5, 5.41) is 11.3. The standard InChI is InChI=1S/C23H37N5O/c1-16(15-21-17(2)27-28(8)18(21)3)26-22(24-7)25-13-14-29-20-11-9-19(10-12-20)23(4,5)6/h9-12,16H,13-15H2,1-8H3,(H2,24,25,26). The second kappa shape index (κ2) is 9.81. The number of rotatable bonds is 7. The molecule has 0 bridgehead atoms. The van der Waals surface area contributed by atoms with E-state index in [4.69, 9.17) is 4.74 Å². The number of nitrogens with one attached hydrogen (secondary N) is 2. The fraction of sp³-hybridized carbons (Fsp3) is 0.565. The minimum Gasteiger partial charge on any atom is -0.492 e. The number of aryl methyl sites for hydroxylation is 2. The lowest BCUT2D eigenvalue weighted by Gasteiger charge is -2.19. The van der Waals surface area contributed by atoms with Gasteiger partial charge in [-0.3, -0.25) is 9.67 Å². The maximum Gasteiger partial charge on any atom is 0.191 e. The van der Waals surface area contributed by atoms with Crippen LogP contribution in [0.3, 0.4) is 0 Å². The van der Waals surface area contributed by atoms with Gasteiger partial charge in [0.1, 0.15) is 12.4 Å². The molecule has 0 aliphatic carbocycles. The summed E-state index contributed by atoms with van der Waals surface area (Å²) in [6, 6.07) is 8.58. The van der Waals surface area contributed by atoms with Crippen LogP contribution in [0.2, 0.25) is 0 Å². The van der Waals surface area contributed by atoms with Crippen LogP contribution in [0.1, 0.15) is 50.2 Å². The van der Waals surface area contributed by atoms with Crippen molar-refractivity contribution in [3.8, 4) is 5.75 Å². The van der Waals surface area contributed by atoms with Gasteiger partial charge in [-0.15, -0.1) is 0 Å². The smallest absolute Gasteiger partial charge is 0.191 e. The lowest BCUT2D eigenvalue weighted by Crippen LogP contribution is -2.44. The van der Waals surface area contributed by atoms with E-state index in [0.717, 1.165) is 23.8 Å². The number of aliphatic imine (C=N–C) groups is 1. The maximum atomic E-state index is 5.85. The normalized spacial score (nSPS) is 13.3. The van der Waals surface area contributed by atoms with Crippen molar-refractivity contribution in [2.45, 2.75) is 59.4 Å². The number of benzene rings is 1. The van der Waals surface area contributed by atoms with Crippen LogP contribution in [0.5, 0.6) is 5.75 Å².